The molecule has 2 aromatic carbocycles. The standard InChI is InChI=1S/C35H47N5O2S/c1-24-12-16-36-22-29(24)23-40(30-8-10-32(42-7)11-9-30)31-14-18-39(19-15-31)27(4)13-17-37-34(41)33-25(2)20-28(21-26(33)3)35(43)38(5)6/h8-12,16,20-22,27,31H,13-15,17-19,23H2,1-7H3,(H,37,41). The first-order valence-electron chi connectivity index (χ1n) is 15.2. The van der Waals surface area contributed by atoms with E-state index in [0.29, 0.717) is 18.6 Å². The zero-order valence-corrected chi connectivity index (χ0v) is 27.6. The Bertz CT molecular complexity index is 1380. The highest BCUT2D eigenvalue weighted by Gasteiger charge is 2.28. The Morgan fingerprint density at radius 3 is 2.30 bits per heavy atom. The van der Waals surface area contributed by atoms with Gasteiger partial charge < -0.3 is 24.8 Å². The molecule has 2 heterocycles. The van der Waals surface area contributed by atoms with E-state index in [9.17, 15) is 4.79 Å². The number of pyridine rings is 1. The van der Waals surface area contributed by atoms with E-state index in [2.05, 4.69) is 52.1 Å². The van der Waals surface area contributed by atoms with Gasteiger partial charge in [-0.1, -0.05) is 12.2 Å². The summed E-state index contributed by atoms with van der Waals surface area (Å²) in [5, 5.41) is 3.18. The summed E-state index contributed by atoms with van der Waals surface area (Å²) < 4.78 is 5.41. The van der Waals surface area contributed by atoms with Crippen molar-refractivity contribution < 1.29 is 9.53 Å². The van der Waals surface area contributed by atoms with Gasteiger partial charge in [-0.2, -0.15) is 0 Å². The number of amides is 1. The number of nitrogens with zero attached hydrogens (tertiary/aromatic N) is 4. The topological polar surface area (TPSA) is 60.9 Å². The molecular formula is C35H47N5O2S. The molecule has 4 rings (SSSR count). The highest BCUT2D eigenvalue weighted by Crippen LogP contribution is 2.29. The molecule has 0 radical (unpaired) electrons. The zero-order valence-electron chi connectivity index (χ0n) is 26.8. The summed E-state index contributed by atoms with van der Waals surface area (Å²) >= 11 is 5.53. The number of hydrogen-bond acceptors (Lipinski definition) is 6. The van der Waals surface area contributed by atoms with Gasteiger partial charge in [0.25, 0.3) is 5.91 Å². The summed E-state index contributed by atoms with van der Waals surface area (Å²) in [5.74, 6) is 0.858. The van der Waals surface area contributed by atoms with Gasteiger partial charge in [0.1, 0.15) is 10.7 Å². The second kappa shape index (κ2) is 14.8. The lowest BCUT2D eigenvalue weighted by Gasteiger charge is -2.42. The van der Waals surface area contributed by atoms with Crippen LogP contribution >= 0.6 is 12.2 Å². The van der Waals surface area contributed by atoms with E-state index in [1.54, 1.807) is 7.11 Å². The van der Waals surface area contributed by atoms with Gasteiger partial charge in [-0.15, -0.1) is 0 Å². The van der Waals surface area contributed by atoms with Crippen LogP contribution in [0.3, 0.4) is 0 Å². The third-order valence-corrected chi connectivity index (χ3v) is 9.32. The number of nitrogens with one attached hydrogen (secondary N) is 1. The predicted molar refractivity (Wildman–Crippen MR) is 180 cm³/mol. The van der Waals surface area contributed by atoms with Crippen LogP contribution in [0.1, 0.15) is 64.4 Å². The molecule has 0 spiro atoms. The van der Waals surface area contributed by atoms with E-state index in [-0.39, 0.29) is 5.91 Å². The molecule has 3 aromatic rings. The molecule has 1 aromatic heterocycles. The summed E-state index contributed by atoms with van der Waals surface area (Å²) in [6.07, 6.45) is 6.93. The number of methoxy groups -OCH3 is 1. The Morgan fingerprint density at radius 2 is 1.72 bits per heavy atom. The molecule has 230 valence electrons. The van der Waals surface area contributed by atoms with E-state index < -0.39 is 0 Å². The van der Waals surface area contributed by atoms with Gasteiger partial charge in [0.05, 0.1) is 7.11 Å². The van der Waals surface area contributed by atoms with Crippen molar-refractivity contribution in [3.63, 3.8) is 0 Å². The van der Waals surface area contributed by atoms with Crippen molar-refractivity contribution in [3.8, 4) is 5.75 Å². The number of thiocarbonyl (C=S) groups is 1. The number of aryl methyl sites for hydroxylation is 3. The van der Waals surface area contributed by atoms with Crippen molar-refractivity contribution >= 4 is 28.8 Å². The minimum absolute atomic E-state index is 0.0101. The lowest BCUT2D eigenvalue weighted by atomic mass is 9.98. The molecule has 1 unspecified atom stereocenters. The van der Waals surface area contributed by atoms with Gasteiger partial charge in [-0.05, 0) is 112 Å². The number of aromatic nitrogens is 1. The van der Waals surface area contributed by atoms with E-state index in [1.807, 2.05) is 69.5 Å². The average molecular weight is 602 g/mol. The molecule has 7 nitrogen and oxygen atoms in total. The first-order chi connectivity index (χ1) is 20.6. The monoisotopic (exact) mass is 601 g/mol. The predicted octanol–water partition coefficient (Wildman–Crippen LogP) is 5.93. The fraction of sp³-hybridized carbons (Fsp3) is 0.457. The molecular weight excluding hydrogens is 554 g/mol. The summed E-state index contributed by atoms with van der Waals surface area (Å²) in [6, 6.07) is 15.3. The molecule has 1 aliphatic rings. The number of anilines is 1. The number of likely N-dealkylation sites (tertiary alicyclic amines) is 1. The lowest BCUT2D eigenvalue weighted by molar-refractivity contribution is 0.0944. The molecule has 1 atom stereocenters. The molecule has 0 bridgehead atoms. The Hall–Kier alpha value is -3.49. The van der Waals surface area contributed by atoms with E-state index >= 15 is 0 Å². The number of carbonyl (C=O) groups excluding carboxylic acids is 1. The maximum atomic E-state index is 13.1. The first kappa shape index (κ1) is 32.4. The van der Waals surface area contributed by atoms with Gasteiger partial charge >= 0.3 is 0 Å². The Labute approximate surface area is 263 Å². The van der Waals surface area contributed by atoms with Crippen LogP contribution in [0.2, 0.25) is 0 Å². The van der Waals surface area contributed by atoms with Crippen molar-refractivity contribution in [2.45, 2.75) is 65.6 Å². The molecule has 1 fully saturated rings. The Morgan fingerprint density at radius 1 is 1.07 bits per heavy atom. The summed E-state index contributed by atoms with van der Waals surface area (Å²) in [4.78, 5) is 25.3. The third kappa shape index (κ3) is 8.12. The van der Waals surface area contributed by atoms with E-state index in [4.69, 9.17) is 17.0 Å². The van der Waals surface area contributed by atoms with Gasteiger partial charge in [-0.25, -0.2) is 0 Å². The number of hydrogen-bond donors (Lipinski definition) is 1. The third-order valence-electron chi connectivity index (χ3n) is 8.72. The quantitative estimate of drug-likeness (QED) is 0.273. The van der Waals surface area contributed by atoms with Crippen molar-refractivity contribution in [3.05, 3.63) is 88.2 Å². The molecule has 1 saturated heterocycles. The van der Waals surface area contributed by atoms with Crippen LogP contribution in [0.25, 0.3) is 0 Å². The van der Waals surface area contributed by atoms with Crippen molar-refractivity contribution in [2.75, 3.05) is 45.7 Å². The fourth-order valence-corrected chi connectivity index (χ4v) is 6.18. The van der Waals surface area contributed by atoms with E-state index in [1.165, 1.54) is 16.8 Å². The molecule has 1 amide bonds. The number of rotatable bonds is 11. The van der Waals surface area contributed by atoms with Crippen LogP contribution in [0.15, 0.2) is 54.9 Å². The average Bonchev–Trinajstić information content (AvgIpc) is 3.00. The number of benzene rings is 2. The summed E-state index contributed by atoms with van der Waals surface area (Å²) in [6.45, 7) is 12.0. The van der Waals surface area contributed by atoms with Crippen molar-refractivity contribution in [1.29, 1.82) is 0 Å². The normalized spacial score (nSPS) is 14.7. The number of ether oxygens (including phenoxy) is 1. The SMILES string of the molecule is COc1ccc(N(Cc2cnccc2C)C2CCN(C(C)CCNC(=O)c3c(C)cc(C(=S)N(C)C)cc3C)CC2)cc1. The molecule has 1 N–H and O–H groups in total. The van der Waals surface area contributed by atoms with Crippen molar-refractivity contribution in [2.24, 2.45) is 0 Å². The maximum Gasteiger partial charge on any atom is 0.251 e. The number of carbonyl (C=O) groups is 1. The van der Waals surface area contributed by atoms with Gasteiger partial charge in [0.15, 0.2) is 0 Å². The first-order valence-corrected chi connectivity index (χ1v) is 15.6. The molecule has 43 heavy (non-hydrogen) atoms. The van der Waals surface area contributed by atoms with Crippen LogP contribution in [-0.4, -0.2) is 78.6 Å². The smallest absolute Gasteiger partial charge is 0.251 e. The fourth-order valence-electron chi connectivity index (χ4n) is 6.06. The lowest BCUT2D eigenvalue weighted by Crippen LogP contribution is -2.48. The van der Waals surface area contributed by atoms with E-state index in [0.717, 1.165) is 71.9 Å². The second-order valence-electron chi connectivity index (χ2n) is 12.0. The highest BCUT2D eigenvalue weighted by molar-refractivity contribution is 7.80. The molecule has 0 aliphatic carbocycles. The van der Waals surface area contributed by atoms with Crippen LogP contribution in [-0.2, 0) is 6.54 Å². The van der Waals surface area contributed by atoms with Crippen LogP contribution in [0.4, 0.5) is 5.69 Å². The van der Waals surface area contributed by atoms with Gasteiger partial charge in [-0.3, -0.25) is 9.78 Å². The molecule has 1 aliphatic heterocycles. The minimum Gasteiger partial charge on any atom is -0.497 e. The van der Waals surface area contributed by atoms with Crippen molar-refractivity contribution in [1.82, 2.24) is 20.1 Å². The van der Waals surface area contributed by atoms with Gasteiger partial charge in [0.2, 0.25) is 0 Å². The van der Waals surface area contributed by atoms with Crippen LogP contribution in [0, 0.1) is 20.8 Å². The minimum atomic E-state index is -0.0101. The maximum absolute atomic E-state index is 13.1. The van der Waals surface area contributed by atoms with Crippen LogP contribution < -0.4 is 15.0 Å². The summed E-state index contributed by atoms with van der Waals surface area (Å²) in [5.41, 5.74) is 7.36. The zero-order chi connectivity index (χ0) is 31.1. The van der Waals surface area contributed by atoms with Crippen LogP contribution in [0.5, 0.6) is 5.75 Å². The molecule has 0 saturated carbocycles. The second-order valence-corrected chi connectivity index (χ2v) is 12.4. The molecule has 8 heteroatoms. The number of piperidine rings is 1. The van der Waals surface area contributed by atoms with Gasteiger partial charge in [0, 0.05) is 81.6 Å². The Balaban J connectivity index is 1.33. The largest absolute Gasteiger partial charge is 0.497 e. The summed E-state index contributed by atoms with van der Waals surface area (Å²) in [7, 11) is 5.59. The highest BCUT2D eigenvalue weighted by atomic mass is 32.1. The Kier molecular flexibility index (Phi) is 11.2.